The maximum Gasteiger partial charge on any atom is 0.106 e. The lowest BCUT2D eigenvalue weighted by Crippen LogP contribution is -2.28. The average Bonchev–Trinajstić information content (AvgIpc) is 3.12. The van der Waals surface area contributed by atoms with Gasteiger partial charge >= 0.3 is 0 Å². The molecule has 1 heterocycles. The van der Waals surface area contributed by atoms with Gasteiger partial charge in [0.25, 0.3) is 0 Å². The van der Waals surface area contributed by atoms with Gasteiger partial charge in [-0.3, -0.25) is 4.90 Å². The van der Waals surface area contributed by atoms with Crippen LogP contribution in [0.3, 0.4) is 0 Å². The number of likely N-dealkylation sites (tertiary alicyclic amines) is 1. The number of nitrogens with one attached hydrogen (secondary N) is 1. The highest BCUT2D eigenvalue weighted by Gasteiger charge is 2.34. The van der Waals surface area contributed by atoms with Crippen molar-refractivity contribution < 1.29 is 0 Å². The second-order valence-corrected chi connectivity index (χ2v) is 6.77. The molecule has 19 heavy (non-hydrogen) atoms. The largest absolute Gasteiger partial charge is 0.389 e. The van der Waals surface area contributed by atoms with Gasteiger partial charge in [0.1, 0.15) is 4.99 Å². The molecule has 1 aliphatic carbocycles. The SMILES string of the molecule is NC(=S)c1cc(Br)ccc1NC1CCN(C2CC2)C1. The minimum atomic E-state index is 0.445. The van der Waals surface area contributed by atoms with E-state index in [0.29, 0.717) is 11.0 Å². The van der Waals surface area contributed by atoms with Gasteiger partial charge in [0.15, 0.2) is 0 Å². The normalized spacial score (nSPS) is 23.5. The first-order valence-electron chi connectivity index (χ1n) is 6.73. The Hall–Kier alpha value is -0.650. The fourth-order valence-electron chi connectivity index (χ4n) is 2.74. The van der Waals surface area contributed by atoms with Crippen LogP contribution >= 0.6 is 28.1 Å². The fraction of sp³-hybridized carbons (Fsp3) is 0.500. The van der Waals surface area contributed by atoms with Crippen molar-refractivity contribution in [2.75, 3.05) is 18.4 Å². The van der Waals surface area contributed by atoms with Gasteiger partial charge in [-0.15, -0.1) is 0 Å². The molecule has 1 atom stereocenters. The molecule has 3 rings (SSSR count). The second kappa shape index (κ2) is 5.38. The summed E-state index contributed by atoms with van der Waals surface area (Å²) < 4.78 is 1.01. The van der Waals surface area contributed by atoms with Gasteiger partial charge in [-0.05, 0) is 37.5 Å². The monoisotopic (exact) mass is 339 g/mol. The molecule has 1 saturated heterocycles. The number of benzene rings is 1. The molecule has 5 heteroatoms. The third-order valence-corrected chi connectivity index (χ3v) is 4.60. The van der Waals surface area contributed by atoms with Crippen molar-refractivity contribution in [3.8, 4) is 0 Å². The molecule has 1 saturated carbocycles. The van der Waals surface area contributed by atoms with Gasteiger partial charge in [-0.25, -0.2) is 0 Å². The summed E-state index contributed by atoms with van der Waals surface area (Å²) in [5.74, 6) is 0. The van der Waals surface area contributed by atoms with Gasteiger partial charge in [-0.1, -0.05) is 28.1 Å². The van der Waals surface area contributed by atoms with Crippen LogP contribution in [0.5, 0.6) is 0 Å². The lowest BCUT2D eigenvalue weighted by molar-refractivity contribution is 0.326. The topological polar surface area (TPSA) is 41.3 Å². The Labute approximate surface area is 127 Å². The zero-order valence-corrected chi connectivity index (χ0v) is 13.1. The molecule has 3 nitrogen and oxygen atoms in total. The minimum Gasteiger partial charge on any atom is -0.389 e. The molecule has 102 valence electrons. The van der Waals surface area contributed by atoms with E-state index in [1.165, 1.54) is 25.8 Å². The molecule has 3 N–H and O–H groups in total. The maximum absolute atomic E-state index is 5.80. The molecule has 0 bridgehead atoms. The quantitative estimate of drug-likeness (QED) is 0.827. The average molecular weight is 340 g/mol. The van der Waals surface area contributed by atoms with Crippen molar-refractivity contribution in [3.05, 3.63) is 28.2 Å². The van der Waals surface area contributed by atoms with Crippen LogP contribution in [0.1, 0.15) is 24.8 Å². The van der Waals surface area contributed by atoms with E-state index in [4.69, 9.17) is 18.0 Å². The van der Waals surface area contributed by atoms with Crippen LogP contribution in [0.2, 0.25) is 0 Å². The molecule has 2 fully saturated rings. The zero-order chi connectivity index (χ0) is 13.4. The van der Waals surface area contributed by atoms with E-state index < -0.39 is 0 Å². The molecule has 1 aromatic carbocycles. The van der Waals surface area contributed by atoms with Crippen LogP contribution < -0.4 is 11.1 Å². The van der Waals surface area contributed by atoms with E-state index in [2.05, 4.69) is 32.2 Å². The van der Waals surface area contributed by atoms with Crippen molar-refractivity contribution in [2.24, 2.45) is 5.73 Å². The Morgan fingerprint density at radius 2 is 2.16 bits per heavy atom. The number of nitrogens with two attached hydrogens (primary N) is 1. The van der Waals surface area contributed by atoms with Crippen molar-refractivity contribution >= 4 is 38.8 Å². The molecular formula is C14H18BrN3S. The van der Waals surface area contributed by atoms with Crippen LogP contribution in [0.15, 0.2) is 22.7 Å². The predicted molar refractivity (Wildman–Crippen MR) is 86.7 cm³/mol. The van der Waals surface area contributed by atoms with E-state index in [-0.39, 0.29) is 0 Å². The first-order valence-corrected chi connectivity index (χ1v) is 7.93. The van der Waals surface area contributed by atoms with Gasteiger partial charge in [0.2, 0.25) is 0 Å². The van der Waals surface area contributed by atoms with Gasteiger partial charge in [0.05, 0.1) is 0 Å². The third-order valence-electron chi connectivity index (χ3n) is 3.89. The molecular weight excluding hydrogens is 322 g/mol. The van der Waals surface area contributed by atoms with E-state index in [9.17, 15) is 0 Å². The summed E-state index contributed by atoms with van der Waals surface area (Å²) in [6.07, 6.45) is 3.95. The first-order chi connectivity index (χ1) is 9.13. The number of thiocarbonyl (C=S) groups is 1. The van der Waals surface area contributed by atoms with Crippen LogP contribution in [-0.4, -0.2) is 35.1 Å². The van der Waals surface area contributed by atoms with Crippen LogP contribution in [0.25, 0.3) is 0 Å². The molecule has 1 aromatic rings. The Bertz CT molecular complexity index is 501. The Morgan fingerprint density at radius 1 is 1.37 bits per heavy atom. The first kappa shape index (κ1) is 13.3. The van der Waals surface area contributed by atoms with E-state index in [1.54, 1.807) is 0 Å². The predicted octanol–water partition coefficient (Wildman–Crippen LogP) is 2.73. The molecule has 0 amide bonds. The van der Waals surface area contributed by atoms with Crippen LogP contribution in [0.4, 0.5) is 5.69 Å². The minimum absolute atomic E-state index is 0.445. The number of rotatable bonds is 4. The smallest absolute Gasteiger partial charge is 0.106 e. The molecule has 2 aliphatic rings. The Balaban J connectivity index is 1.71. The summed E-state index contributed by atoms with van der Waals surface area (Å²) in [6, 6.07) is 7.43. The highest BCUT2D eigenvalue weighted by Crippen LogP contribution is 2.31. The van der Waals surface area contributed by atoms with Gasteiger partial charge in [-0.2, -0.15) is 0 Å². The number of anilines is 1. The summed E-state index contributed by atoms with van der Waals surface area (Å²) in [5, 5.41) is 3.60. The lowest BCUT2D eigenvalue weighted by atomic mass is 10.1. The van der Waals surface area contributed by atoms with E-state index in [0.717, 1.165) is 28.3 Å². The Morgan fingerprint density at radius 3 is 2.84 bits per heavy atom. The van der Waals surface area contributed by atoms with Crippen molar-refractivity contribution in [1.29, 1.82) is 0 Å². The molecule has 0 spiro atoms. The molecule has 1 unspecified atom stereocenters. The fourth-order valence-corrected chi connectivity index (χ4v) is 3.27. The molecule has 0 aromatic heterocycles. The third kappa shape index (κ3) is 3.09. The number of nitrogens with zero attached hydrogens (tertiary/aromatic N) is 1. The van der Waals surface area contributed by atoms with Crippen molar-refractivity contribution in [3.63, 3.8) is 0 Å². The van der Waals surface area contributed by atoms with Gasteiger partial charge < -0.3 is 11.1 Å². The molecule has 0 radical (unpaired) electrons. The van der Waals surface area contributed by atoms with Crippen molar-refractivity contribution in [2.45, 2.75) is 31.3 Å². The standard InChI is InChI=1S/C14H18BrN3S/c15-9-1-4-13(12(7-9)14(16)19)17-10-5-6-18(8-10)11-2-3-11/h1,4,7,10-11,17H,2-3,5-6,8H2,(H2,16,19). The highest BCUT2D eigenvalue weighted by molar-refractivity contribution is 9.10. The Kier molecular flexibility index (Phi) is 3.78. The number of halogens is 1. The summed E-state index contributed by atoms with van der Waals surface area (Å²) in [7, 11) is 0. The summed E-state index contributed by atoms with van der Waals surface area (Å²) in [4.78, 5) is 3.04. The van der Waals surface area contributed by atoms with Crippen molar-refractivity contribution in [1.82, 2.24) is 4.90 Å². The molecule has 1 aliphatic heterocycles. The van der Waals surface area contributed by atoms with Gasteiger partial charge in [0, 0.05) is 40.9 Å². The number of hydrogen-bond acceptors (Lipinski definition) is 3. The summed E-state index contributed by atoms with van der Waals surface area (Å²) >= 11 is 8.59. The maximum atomic E-state index is 5.80. The lowest BCUT2D eigenvalue weighted by Gasteiger charge is -2.18. The van der Waals surface area contributed by atoms with Crippen LogP contribution in [-0.2, 0) is 0 Å². The highest BCUT2D eigenvalue weighted by atomic mass is 79.9. The second-order valence-electron chi connectivity index (χ2n) is 5.41. The number of hydrogen-bond donors (Lipinski definition) is 2. The summed E-state index contributed by atoms with van der Waals surface area (Å²) in [6.45, 7) is 2.35. The zero-order valence-electron chi connectivity index (χ0n) is 10.7. The van der Waals surface area contributed by atoms with E-state index in [1.807, 2.05) is 12.1 Å². The van der Waals surface area contributed by atoms with E-state index >= 15 is 0 Å². The van der Waals surface area contributed by atoms with Crippen LogP contribution in [0, 0.1) is 0 Å². The summed E-state index contributed by atoms with van der Waals surface area (Å²) in [5.41, 5.74) is 7.78.